The van der Waals surface area contributed by atoms with E-state index in [9.17, 15) is 13.2 Å². The molecule has 6 nitrogen and oxygen atoms in total. The van der Waals surface area contributed by atoms with Crippen molar-refractivity contribution >= 4 is 15.9 Å². The molecule has 0 aliphatic carbocycles. The smallest absolute Gasteiger partial charge is 0.252 e. The van der Waals surface area contributed by atoms with E-state index in [0.717, 1.165) is 25.7 Å². The normalized spacial score (nSPS) is 15.0. The number of aryl methyl sites for hydroxylation is 1. The number of nitrogens with two attached hydrogens (primary N) is 1. The minimum atomic E-state index is -3.60. The summed E-state index contributed by atoms with van der Waals surface area (Å²) < 4.78 is 32.5. The average molecular weight is 388 g/mol. The van der Waals surface area contributed by atoms with Gasteiger partial charge in [-0.2, -0.15) is 4.31 Å². The number of ether oxygens (including phenoxy) is 1. The molecule has 1 heterocycles. The van der Waals surface area contributed by atoms with E-state index >= 15 is 0 Å². The zero-order valence-corrected chi connectivity index (χ0v) is 16.0. The Kier molecular flexibility index (Phi) is 6.13. The van der Waals surface area contributed by atoms with Gasteiger partial charge in [0.1, 0.15) is 5.75 Å². The lowest BCUT2D eigenvalue weighted by molar-refractivity contribution is 0.0996. The van der Waals surface area contributed by atoms with E-state index in [1.165, 1.54) is 28.1 Å². The van der Waals surface area contributed by atoms with Gasteiger partial charge in [0, 0.05) is 13.1 Å². The monoisotopic (exact) mass is 388 g/mol. The van der Waals surface area contributed by atoms with Gasteiger partial charge in [0.25, 0.3) is 5.91 Å². The highest BCUT2D eigenvalue weighted by molar-refractivity contribution is 7.89. The standard InChI is InChI=1S/C20H24N2O4S/c21-20(23)18-15-17(27(24,25)22-12-4-5-13-22)10-11-19(18)26-14-6-9-16-7-2-1-3-8-16/h1-3,7-8,10-11,15H,4-6,9,12-14H2,(H2,21,23). The van der Waals surface area contributed by atoms with Crippen LogP contribution in [0.25, 0.3) is 0 Å². The number of amides is 1. The third-order valence-electron chi connectivity index (χ3n) is 4.63. The van der Waals surface area contributed by atoms with Crippen molar-refractivity contribution in [1.82, 2.24) is 4.31 Å². The predicted molar refractivity (Wildman–Crippen MR) is 103 cm³/mol. The lowest BCUT2D eigenvalue weighted by Crippen LogP contribution is -2.28. The maximum Gasteiger partial charge on any atom is 0.252 e. The molecule has 0 aromatic heterocycles. The number of benzene rings is 2. The number of hydrogen-bond donors (Lipinski definition) is 1. The molecule has 2 aromatic carbocycles. The van der Waals surface area contributed by atoms with Crippen molar-refractivity contribution in [3.63, 3.8) is 0 Å². The molecule has 0 spiro atoms. The van der Waals surface area contributed by atoms with Gasteiger partial charge in [-0.05, 0) is 49.4 Å². The van der Waals surface area contributed by atoms with E-state index in [1.54, 1.807) is 0 Å². The summed E-state index contributed by atoms with van der Waals surface area (Å²) in [5.74, 6) is -0.387. The SMILES string of the molecule is NC(=O)c1cc(S(=O)(=O)N2CCCC2)ccc1OCCCc1ccccc1. The number of carbonyl (C=O) groups excluding carboxylic acids is 1. The Labute approximate surface area is 160 Å². The van der Waals surface area contributed by atoms with Crippen LogP contribution in [0.15, 0.2) is 53.4 Å². The molecule has 0 saturated carbocycles. The summed E-state index contributed by atoms with van der Waals surface area (Å²) in [7, 11) is -3.60. The van der Waals surface area contributed by atoms with Crippen LogP contribution in [0.3, 0.4) is 0 Å². The molecule has 1 aliphatic rings. The summed E-state index contributed by atoms with van der Waals surface area (Å²) in [5, 5.41) is 0. The molecule has 1 aliphatic heterocycles. The van der Waals surface area contributed by atoms with E-state index in [0.29, 0.717) is 25.4 Å². The van der Waals surface area contributed by atoms with Gasteiger partial charge in [-0.25, -0.2) is 8.42 Å². The maximum atomic E-state index is 12.7. The molecule has 2 N–H and O–H groups in total. The largest absolute Gasteiger partial charge is 0.493 e. The van der Waals surface area contributed by atoms with Gasteiger partial charge in [-0.15, -0.1) is 0 Å². The Bertz CT molecular complexity index is 891. The first kappa shape index (κ1) is 19.4. The minimum absolute atomic E-state index is 0.0786. The van der Waals surface area contributed by atoms with Gasteiger partial charge in [-0.3, -0.25) is 4.79 Å². The Morgan fingerprint density at radius 2 is 1.78 bits per heavy atom. The van der Waals surface area contributed by atoms with Crippen LogP contribution in [0, 0.1) is 0 Å². The number of hydrogen-bond acceptors (Lipinski definition) is 4. The van der Waals surface area contributed by atoms with Crippen LogP contribution < -0.4 is 10.5 Å². The van der Waals surface area contributed by atoms with Crippen molar-refractivity contribution in [1.29, 1.82) is 0 Å². The van der Waals surface area contributed by atoms with Gasteiger partial charge in [0.15, 0.2) is 0 Å². The minimum Gasteiger partial charge on any atom is -0.493 e. The fraction of sp³-hybridized carbons (Fsp3) is 0.350. The molecule has 0 atom stereocenters. The second-order valence-electron chi connectivity index (χ2n) is 6.57. The zero-order valence-electron chi connectivity index (χ0n) is 15.1. The summed E-state index contributed by atoms with van der Waals surface area (Å²) in [6.45, 7) is 1.42. The van der Waals surface area contributed by atoms with Crippen molar-refractivity contribution < 1.29 is 17.9 Å². The molecule has 0 unspecified atom stereocenters. The number of primary amides is 1. The third-order valence-corrected chi connectivity index (χ3v) is 6.52. The number of carbonyl (C=O) groups is 1. The fourth-order valence-corrected chi connectivity index (χ4v) is 4.71. The molecule has 2 aromatic rings. The maximum absolute atomic E-state index is 12.7. The van der Waals surface area contributed by atoms with Crippen LogP contribution in [0.1, 0.15) is 35.2 Å². The van der Waals surface area contributed by atoms with Crippen molar-refractivity contribution in [3.8, 4) is 5.75 Å². The van der Waals surface area contributed by atoms with E-state index in [2.05, 4.69) is 0 Å². The van der Waals surface area contributed by atoms with Crippen LogP contribution in [0.5, 0.6) is 5.75 Å². The first-order valence-electron chi connectivity index (χ1n) is 9.09. The van der Waals surface area contributed by atoms with E-state index < -0.39 is 15.9 Å². The Hall–Kier alpha value is -2.38. The molecule has 27 heavy (non-hydrogen) atoms. The summed E-state index contributed by atoms with van der Waals surface area (Å²) >= 11 is 0. The van der Waals surface area contributed by atoms with E-state index in [4.69, 9.17) is 10.5 Å². The molecular weight excluding hydrogens is 364 g/mol. The molecule has 0 bridgehead atoms. The average Bonchev–Trinajstić information content (AvgIpc) is 3.21. The molecule has 0 radical (unpaired) electrons. The Morgan fingerprint density at radius 3 is 2.44 bits per heavy atom. The van der Waals surface area contributed by atoms with Crippen LogP contribution in [-0.4, -0.2) is 38.3 Å². The topological polar surface area (TPSA) is 89.7 Å². The van der Waals surface area contributed by atoms with Crippen LogP contribution in [0.2, 0.25) is 0 Å². The van der Waals surface area contributed by atoms with Crippen LogP contribution in [-0.2, 0) is 16.4 Å². The molecule has 1 amide bonds. The van der Waals surface area contributed by atoms with Crippen molar-refractivity contribution in [2.75, 3.05) is 19.7 Å². The second-order valence-corrected chi connectivity index (χ2v) is 8.51. The highest BCUT2D eigenvalue weighted by Crippen LogP contribution is 2.26. The fourth-order valence-electron chi connectivity index (χ4n) is 3.17. The molecule has 3 rings (SSSR count). The summed E-state index contributed by atoms with van der Waals surface area (Å²) in [6.07, 6.45) is 3.33. The molecule has 1 saturated heterocycles. The van der Waals surface area contributed by atoms with Crippen LogP contribution in [0.4, 0.5) is 0 Å². The number of rotatable bonds is 8. The Balaban J connectivity index is 1.69. The third kappa shape index (κ3) is 4.67. The molecular formula is C20H24N2O4S. The lowest BCUT2D eigenvalue weighted by atomic mass is 10.1. The van der Waals surface area contributed by atoms with Gasteiger partial charge >= 0.3 is 0 Å². The first-order chi connectivity index (χ1) is 13.0. The zero-order chi connectivity index (χ0) is 19.3. The first-order valence-corrected chi connectivity index (χ1v) is 10.5. The second kappa shape index (κ2) is 8.54. The number of sulfonamides is 1. The van der Waals surface area contributed by atoms with Gasteiger partial charge in [0.05, 0.1) is 17.1 Å². The molecule has 1 fully saturated rings. The summed E-state index contributed by atoms with van der Waals surface area (Å²) in [4.78, 5) is 11.9. The van der Waals surface area contributed by atoms with Crippen molar-refractivity contribution in [2.45, 2.75) is 30.6 Å². The van der Waals surface area contributed by atoms with Gasteiger partial charge in [-0.1, -0.05) is 30.3 Å². The lowest BCUT2D eigenvalue weighted by Gasteiger charge is -2.17. The van der Waals surface area contributed by atoms with E-state index in [1.807, 2.05) is 30.3 Å². The number of nitrogens with zero attached hydrogens (tertiary/aromatic N) is 1. The van der Waals surface area contributed by atoms with Crippen molar-refractivity contribution in [2.24, 2.45) is 5.73 Å². The highest BCUT2D eigenvalue weighted by Gasteiger charge is 2.28. The van der Waals surface area contributed by atoms with Gasteiger partial charge < -0.3 is 10.5 Å². The molecule has 144 valence electrons. The predicted octanol–water partition coefficient (Wildman–Crippen LogP) is 2.58. The van der Waals surface area contributed by atoms with E-state index in [-0.39, 0.29) is 10.5 Å². The summed E-state index contributed by atoms with van der Waals surface area (Å²) in [5.41, 5.74) is 6.75. The summed E-state index contributed by atoms with van der Waals surface area (Å²) in [6, 6.07) is 14.4. The van der Waals surface area contributed by atoms with Gasteiger partial charge in [0.2, 0.25) is 10.0 Å². The Morgan fingerprint density at radius 1 is 1.07 bits per heavy atom. The van der Waals surface area contributed by atoms with Crippen molar-refractivity contribution in [3.05, 3.63) is 59.7 Å². The quantitative estimate of drug-likeness (QED) is 0.704. The van der Waals surface area contributed by atoms with Crippen LogP contribution >= 0.6 is 0 Å². The molecule has 7 heteroatoms. The highest BCUT2D eigenvalue weighted by atomic mass is 32.2.